The first-order valence-corrected chi connectivity index (χ1v) is 9.59. The van der Waals surface area contributed by atoms with Crippen LogP contribution in [0.5, 0.6) is 0 Å². The molecule has 8 N–H and O–H groups in total. The van der Waals surface area contributed by atoms with Crippen LogP contribution in [0.1, 0.15) is 19.3 Å². The highest BCUT2D eigenvalue weighted by molar-refractivity contribution is 7.53. The molecule has 22 heavy (non-hydrogen) atoms. The number of aliphatic carboxylic acids is 2. The van der Waals surface area contributed by atoms with Crippen molar-refractivity contribution in [1.29, 1.82) is 0 Å². The standard InChI is InChI=1S/C9H19NO10P2/c10-6(7(11)12)2-1-3-9(8(13)14,4-21(15,16)17)5-22(18,19)20/h6H,1-5,10H2,(H,11,12)(H,13,14)(H2,15,16,17)(H2,18,19,20). The molecule has 0 aliphatic heterocycles. The van der Waals surface area contributed by atoms with Gasteiger partial charge in [0.1, 0.15) is 6.04 Å². The zero-order valence-electron chi connectivity index (χ0n) is 11.4. The van der Waals surface area contributed by atoms with Crippen LogP contribution in [-0.2, 0) is 18.7 Å². The van der Waals surface area contributed by atoms with Gasteiger partial charge in [-0.15, -0.1) is 0 Å². The van der Waals surface area contributed by atoms with Crippen LogP contribution in [0.4, 0.5) is 0 Å². The van der Waals surface area contributed by atoms with E-state index in [4.69, 9.17) is 30.4 Å². The average Bonchev–Trinajstić information content (AvgIpc) is 2.23. The molecule has 1 unspecified atom stereocenters. The van der Waals surface area contributed by atoms with Crippen molar-refractivity contribution in [3.63, 3.8) is 0 Å². The van der Waals surface area contributed by atoms with Gasteiger partial charge in [0, 0.05) is 0 Å². The van der Waals surface area contributed by atoms with Crippen molar-refractivity contribution in [1.82, 2.24) is 0 Å². The molecule has 0 fully saturated rings. The van der Waals surface area contributed by atoms with Gasteiger partial charge in [-0.05, 0) is 12.8 Å². The van der Waals surface area contributed by atoms with Crippen molar-refractivity contribution in [2.24, 2.45) is 11.1 Å². The Kier molecular flexibility index (Phi) is 7.37. The molecule has 0 rings (SSSR count). The summed E-state index contributed by atoms with van der Waals surface area (Å²) in [4.78, 5) is 57.8. The zero-order chi connectivity index (χ0) is 17.8. The highest BCUT2D eigenvalue weighted by atomic mass is 31.2. The van der Waals surface area contributed by atoms with Crippen LogP contribution in [0.15, 0.2) is 0 Å². The Bertz CT molecular complexity index is 485. The largest absolute Gasteiger partial charge is 0.481 e. The lowest BCUT2D eigenvalue weighted by Gasteiger charge is -2.30. The molecule has 0 aromatic carbocycles. The number of rotatable bonds is 10. The van der Waals surface area contributed by atoms with E-state index in [9.17, 15) is 23.8 Å². The fourth-order valence-corrected chi connectivity index (χ4v) is 4.59. The quantitative estimate of drug-likeness (QED) is 0.233. The minimum Gasteiger partial charge on any atom is -0.481 e. The van der Waals surface area contributed by atoms with Gasteiger partial charge in [0.05, 0.1) is 17.7 Å². The van der Waals surface area contributed by atoms with Crippen LogP contribution in [0.2, 0.25) is 0 Å². The van der Waals surface area contributed by atoms with Gasteiger partial charge in [-0.25, -0.2) is 0 Å². The maximum atomic E-state index is 11.4. The van der Waals surface area contributed by atoms with Gasteiger partial charge in [0.2, 0.25) is 0 Å². The van der Waals surface area contributed by atoms with Crippen LogP contribution < -0.4 is 5.73 Å². The molecular weight excluding hydrogens is 344 g/mol. The molecule has 0 spiro atoms. The van der Waals surface area contributed by atoms with E-state index in [2.05, 4.69) is 0 Å². The lowest BCUT2D eigenvalue weighted by Crippen LogP contribution is -2.39. The van der Waals surface area contributed by atoms with Crippen LogP contribution >= 0.6 is 15.2 Å². The second-order valence-electron chi connectivity index (χ2n) is 5.07. The van der Waals surface area contributed by atoms with Crippen LogP contribution in [0, 0.1) is 5.41 Å². The van der Waals surface area contributed by atoms with Crippen molar-refractivity contribution < 1.29 is 48.5 Å². The summed E-state index contributed by atoms with van der Waals surface area (Å²) in [6.07, 6.45) is -3.43. The van der Waals surface area contributed by atoms with Crippen LogP contribution in [0.25, 0.3) is 0 Å². The van der Waals surface area contributed by atoms with E-state index in [1.54, 1.807) is 0 Å². The third-order valence-electron chi connectivity index (χ3n) is 2.96. The van der Waals surface area contributed by atoms with Gasteiger partial charge < -0.3 is 35.5 Å². The molecule has 0 aromatic heterocycles. The number of carbonyl (C=O) groups is 2. The molecule has 0 radical (unpaired) electrons. The van der Waals surface area contributed by atoms with Gasteiger partial charge in [0.15, 0.2) is 0 Å². The molecule has 1 atom stereocenters. The summed E-state index contributed by atoms with van der Waals surface area (Å²) in [5.41, 5.74) is 2.86. The summed E-state index contributed by atoms with van der Waals surface area (Å²) in [6, 6.07) is -1.31. The second kappa shape index (κ2) is 7.65. The molecule has 0 heterocycles. The highest BCUT2D eigenvalue weighted by Crippen LogP contribution is 2.51. The topological polar surface area (TPSA) is 216 Å². The Balaban J connectivity index is 5.28. The van der Waals surface area contributed by atoms with Gasteiger partial charge in [-0.2, -0.15) is 0 Å². The summed E-state index contributed by atoms with van der Waals surface area (Å²) in [6.45, 7) is 0. The van der Waals surface area contributed by atoms with E-state index in [0.717, 1.165) is 0 Å². The highest BCUT2D eigenvalue weighted by Gasteiger charge is 2.47. The lowest BCUT2D eigenvalue weighted by molar-refractivity contribution is -0.147. The van der Waals surface area contributed by atoms with E-state index in [1.807, 2.05) is 0 Å². The van der Waals surface area contributed by atoms with Crippen molar-refractivity contribution in [2.45, 2.75) is 25.3 Å². The van der Waals surface area contributed by atoms with Crippen LogP contribution in [0.3, 0.4) is 0 Å². The molecule has 0 saturated heterocycles. The Morgan fingerprint density at radius 3 is 1.68 bits per heavy atom. The molecule has 11 nitrogen and oxygen atoms in total. The molecule has 13 heteroatoms. The monoisotopic (exact) mass is 363 g/mol. The fraction of sp³-hybridized carbons (Fsp3) is 0.778. The number of hydrogen-bond donors (Lipinski definition) is 7. The predicted molar refractivity (Wildman–Crippen MR) is 73.4 cm³/mol. The third kappa shape index (κ3) is 8.00. The normalized spacial score (nSPS) is 14.6. The molecule has 0 aliphatic carbocycles. The summed E-state index contributed by atoms with van der Waals surface area (Å²) >= 11 is 0. The van der Waals surface area contributed by atoms with E-state index >= 15 is 0 Å². The van der Waals surface area contributed by atoms with Gasteiger partial charge in [0.25, 0.3) is 0 Å². The first kappa shape index (κ1) is 21.2. The maximum absolute atomic E-state index is 11.4. The minimum absolute atomic E-state index is 0.181. The van der Waals surface area contributed by atoms with E-state index in [0.29, 0.717) is 0 Å². The summed E-state index contributed by atoms with van der Waals surface area (Å²) in [5, 5.41) is 17.8. The van der Waals surface area contributed by atoms with Gasteiger partial charge in [-0.1, -0.05) is 6.42 Å². The number of carboxylic acid groups (broad SMARTS) is 2. The Morgan fingerprint density at radius 1 is 1.00 bits per heavy atom. The Labute approximate surface area is 125 Å². The van der Waals surface area contributed by atoms with Crippen molar-refractivity contribution >= 4 is 27.1 Å². The predicted octanol–water partition coefficient (Wildman–Crippen LogP) is -1.01. The second-order valence-corrected chi connectivity index (χ2v) is 8.36. The SMILES string of the molecule is NC(CCCC(CP(=O)(O)O)(CP(=O)(O)O)C(=O)O)C(=O)O. The molecule has 0 aromatic rings. The molecule has 0 aliphatic rings. The van der Waals surface area contributed by atoms with Crippen molar-refractivity contribution in [3.05, 3.63) is 0 Å². The molecule has 130 valence electrons. The molecule has 0 bridgehead atoms. The zero-order valence-corrected chi connectivity index (χ0v) is 13.2. The van der Waals surface area contributed by atoms with E-state index in [-0.39, 0.29) is 12.8 Å². The molecule has 0 amide bonds. The number of carboxylic acids is 2. The third-order valence-corrected chi connectivity index (χ3v) is 4.99. The van der Waals surface area contributed by atoms with E-state index in [1.165, 1.54) is 0 Å². The minimum atomic E-state index is -4.88. The number of nitrogens with two attached hydrogens (primary N) is 1. The fourth-order valence-electron chi connectivity index (χ4n) is 2.02. The van der Waals surface area contributed by atoms with Crippen molar-refractivity contribution in [3.8, 4) is 0 Å². The smallest absolute Gasteiger partial charge is 0.326 e. The number of hydrogen-bond acceptors (Lipinski definition) is 5. The van der Waals surface area contributed by atoms with Crippen molar-refractivity contribution in [2.75, 3.05) is 12.3 Å². The first-order valence-electron chi connectivity index (χ1n) is 5.99. The van der Waals surface area contributed by atoms with E-state index < -0.39 is 57.3 Å². The van der Waals surface area contributed by atoms with Gasteiger partial charge >= 0.3 is 27.1 Å². The van der Waals surface area contributed by atoms with Gasteiger partial charge in [-0.3, -0.25) is 18.7 Å². The lowest BCUT2D eigenvalue weighted by atomic mass is 9.86. The summed E-state index contributed by atoms with van der Waals surface area (Å²) < 4.78 is 22.2. The Morgan fingerprint density at radius 2 is 1.41 bits per heavy atom. The summed E-state index contributed by atoms with van der Waals surface area (Å²) in [7, 11) is -9.76. The maximum Gasteiger partial charge on any atom is 0.326 e. The first-order chi connectivity index (χ1) is 9.68. The molecule has 0 saturated carbocycles. The summed E-state index contributed by atoms with van der Waals surface area (Å²) in [5.74, 6) is -3.12. The molecular formula is C9H19NO10P2. The Hall–Kier alpha value is -0.800. The van der Waals surface area contributed by atoms with Crippen LogP contribution in [-0.4, -0.2) is 60.1 Å². The average molecular weight is 363 g/mol.